The van der Waals surface area contributed by atoms with Crippen molar-refractivity contribution >= 4 is 5.97 Å². The number of aliphatic carboxylic acids is 1. The van der Waals surface area contributed by atoms with Gasteiger partial charge in [0, 0.05) is 6.42 Å². The molecule has 0 aromatic rings. The Labute approximate surface area is 124 Å². The van der Waals surface area contributed by atoms with Crippen LogP contribution in [0.1, 0.15) is 72.1 Å². The lowest BCUT2D eigenvalue weighted by Crippen LogP contribution is -2.00. The Balaban J connectivity index is 0. The topological polar surface area (TPSA) is 57.5 Å². The second kappa shape index (κ2) is 17.9. The van der Waals surface area contributed by atoms with Gasteiger partial charge in [-0.25, -0.2) is 0 Å². The fraction of sp³-hybridized carbons (Fsp3) is 0.706. The van der Waals surface area contributed by atoms with E-state index in [1.165, 1.54) is 12.8 Å². The Morgan fingerprint density at radius 1 is 1.15 bits per heavy atom. The molecule has 118 valence electrons. The molecule has 0 amide bonds. The lowest BCUT2D eigenvalue weighted by Gasteiger charge is -2.02. The van der Waals surface area contributed by atoms with Crippen molar-refractivity contribution in [2.45, 2.75) is 78.2 Å². The smallest absolute Gasteiger partial charge is 0.303 e. The first-order valence-corrected chi connectivity index (χ1v) is 7.76. The minimum Gasteiger partial charge on any atom is -0.481 e. The molecule has 0 aliphatic heterocycles. The molecule has 20 heavy (non-hydrogen) atoms. The van der Waals surface area contributed by atoms with E-state index in [1.54, 1.807) is 0 Å². The van der Waals surface area contributed by atoms with Crippen molar-refractivity contribution in [2.75, 3.05) is 0 Å². The van der Waals surface area contributed by atoms with Gasteiger partial charge >= 0.3 is 5.97 Å². The van der Waals surface area contributed by atoms with Crippen LogP contribution in [0.15, 0.2) is 24.3 Å². The van der Waals surface area contributed by atoms with Gasteiger partial charge in [-0.3, -0.25) is 4.79 Å². The summed E-state index contributed by atoms with van der Waals surface area (Å²) < 4.78 is 0. The Morgan fingerprint density at radius 3 is 2.35 bits per heavy atom. The van der Waals surface area contributed by atoms with Crippen LogP contribution >= 0.6 is 0 Å². The van der Waals surface area contributed by atoms with Crippen LogP contribution in [0.3, 0.4) is 0 Å². The molecule has 0 aliphatic rings. The van der Waals surface area contributed by atoms with Gasteiger partial charge in [-0.15, -0.1) is 0 Å². The highest BCUT2D eigenvalue weighted by molar-refractivity contribution is 5.66. The monoisotopic (exact) mass is 284 g/mol. The van der Waals surface area contributed by atoms with Gasteiger partial charge in [-0.2, -0.15) is 0 Å². The molecule has 3 nitrogen and oxygen atoms in total. The van der Waals surface area contributed by atoms with Gasteiger partial charge in [0.05, 0.1) is 6.10 Å². The van der Waals surface area contributed by atoms with E-state index in [0.29, 0.717) is 0 Å². The number of carboxylic acids is 1. The second-order valence-electron chi connectivity index (χ2n) is 4.75. The van der Waals surface area contributed by atoms with Crippen LogP contribution in [0.25, 0.3) is 0 Å². The van der Waals surface area contributed by atoms with Gasteiger partial charge in [-0.05, 0) is 32.6 Å². The number of allylic oxidation sites excluding steroid dienone is 3. The Kier molecular flexibility index (Phi) is 19.0. The first-order chi connectivity index (χ1) is 9.58. The van der Waals surface area contributed by atoms with Crippen molar-refractivity contribution in [1.82, 2.24) is 0 Å². The summed E-state index contributed by atoms with van der Waals surface area (Å²) in [5.74, 6) is -0.704. The molecule has 0 aromatic heterocycles. The zero-order valence-corrected chi connectivity index (χ0v) is 13.3. The van der Waals surface area contributed by atoms with E-state index >= 15 is 0 Å². The summed E-state index contributed by atoms with van der Waals surface area (Å²) in [4.78, 5) is 10.0. The number of hydrogen-bond acceptors (Lipinski definition) is 2. The molecule has 1 unspecified atom stereocenters. The van der Waals surface area contributed by atoms with E-state index < -0.39 is 5.97 Å². The molecule has 0 rings (SSSR count). The fourth-order valence-corrected chi connectivity index (χ4v) is 1.58. The molecule has 0 saturated heterocycles. The largest absolute Gasteiger partial charge is 0.481 e. The van der Waals surface area contributed by atoms with Gasteiger partial charge in [0.2, 0.25) is 0 Å². The first kappa shape index (κ1) is 21.2. The summed E-state index contributed by atoms with van der Waals surface area (Å²) in [5, 5.41) is 17.4. The zero-order valence-electron chi connectivity index (χ0n) is 13.3. The fourth-order valence-electron chi connectivity index (χ4n) is 1.58. The number of carboxylic acid groups (broad SMARTS) is 1. The molecule has 0 radical (unpaired) electrons. The van der Waals surface area contributed by atoms with Crippen LogP contribution in [-0.2, 0) is 4.79 Å². The van der Waals surface area contributed by atoms with Gasteiger partial charge < -0.3 is 10.2 Å². The van der Waals surface area contributed by atoms with Crippen molar-refractivity contribution in [1.29, 1.82) is 0 Å². The van der Waals surface area contributed by atoms with Gasteiger partial charge in [0.25, 0.3) is 0 Å². The van der Waals surface area contributed by atoms with Crippen molar-refractivity contribution < 1.29 is 15.0 Å². The molecule has 0 aromatic carbocycles. The molecule has 3 heteroatoms. The zero-order chi connectivity index (χ0) is 15.6. The molecule has 0 heterocycles. The van der Waals surface area contributed by atoms with Crippen LogP contribution < -0.4 is 0 Å². The van der Waals surface area contributed by atoms with E-state index in [9.17, 15) is 9.90 Å². The van der Waals surface area contributed by atoms with E-state index in [0.717, 1.165) is 32.1 Å². The summed E-state index contributed by atoms with van der Waals surface area (Å²) in [7, 11) is 0. The standard InChI is InChI=1S/C9H18O.C8H14O2/c1-3-5-6-8-9(10)7-4-2;1-2-3-4-5-6-7-8(9)10/h4,7,9-10H,3,5-6,8H2,1-2H3;3-4H,2,5-7H2,1H3,(H,9,10)/b7-4+;4-3-. The van der Waals surface area contributed by atoms with Crippen molar-refractivity contribution in [2.24, 2.45) is 0 Å². The lowest BCUT2D eigenvalue weighted by atomic mass is 10.1. The second-order valence-corrected chi connectivity index (χ2v) is 4.75. The maximum absolute atomic E-state index is 10.0. The van der Waals surface area contributed by atoms with E-state index in [4.69, 9.17) is 5.11 Å². The summed E-state index contributed by atoms with van der Waals surface area (Å²) in [6.07, 6.45) is 15.1. The van der Waals surface area contributed by atoms with Crippen molar-refractivity contribution in [3.05, 3.63) is 24.3 Å². The summed E-state index contributed by atoms with van der Waals surface area (Å²) >= 11 is 0. The number of aliphatic hydroxyl groups excluding tert-OH is 1. The highest BCUT2D eigenvalue weighted by Gasteiger charge is 1.95. The number of aliphatic hydroxyl groups is 1. The van der Waals surface area contributed by atoms with Gasteiger partial charge in [0.1, 0.15) is 0 Å². The average Bonchev–Trinajstić information content (AvgIpc) is 2.39. The molecular weight excluding hydrogens is 252 g/mol. The van der Waals surface area contributed by atoms with Crippen LogP contribution in [0.5, 0.6) is 0 Å². The average molecular weight is 284 g/mol. The molecular formula is C17H32O3. The number of hydrogen-bond donors (Lipinski definition) is 2. The molecule has 0 aliphatic carbocycles. The highest BCUT2D eigenvalue weighted by Crippen LogP contribution is 2.03. The third kappa shape index (κ3) is 22.1. The number of rotatable bonds is 10. The van der Waals surface area contributed by atoms with Gasteiger partial charge in [-0.1, -0.05) is 57.4 Å². The van der Waals surface area contributed by atoms with E-state index in [-0.39, 0.29) is 12.5 Å². The predicted molar refractivity (Wildman–Crippen MR) is 85.9 cm³/mol. The Bertz CT molecular complexity index is 257. The van der Waals surface area contributed by atoms with Crippen molar-refractivity contribution in [3.63, 3.8) is 0 Å². The summed E-state index contributed by atoms with van der Waals surface area (Å²) in [5.41, 5.74) is 0. The minimum atomic E-state index is -0.704. The number of unbranched alkanes of at least 4 members (excludes halogenated alkanes) is 3. The highest BCUT2D eigenvalue weighted by atomic mass is 16.4. The molecule has 0 spiro atoms. The maximum atomic E-state index is 10.0. The molecule has 0 bridgehead atoms. The van der Waals surface area contributed by atoms with Gasteiger partial charge in [0.15, 0.2) is 0 Å². The molecule has 0 fully saturated rings. The molecule has 2 N–H and O–H groups in total. The summed E-state index contributed by atoms with van der Waals surface area (Å²) in [6, 6.07) is 0. The SMILES string of the molecule is C/C=C/C(O)CCCCC.CC/C=C\CCCC(=O)O. The predicted octanol–water partition coefficient (Wildman–Crippen LogP) is 4.71. The third-order valence-electron chi connectivity index (χ3n) is 2.68. The normalized spacial score (nSPS) is 12.4. The van der Waals surface area contributed by atoms with Crippen LogP contribution in [-0.4, -0.2) is 22.3 Å². The van der Waals surface area contributed by atoms with Crippen LogP contribution in [0, 0.1) is 0 Å². The third-order valence-corrected chi connectivity index (χ3v) is 2.68. The van der Waals surface area contributed by atoms with Crippen LogP contribution in [0.2, 0.25) is 0 Å². The lowest BCUT2D eigenvalue weighted by molar-refractivity contribution is -0.137. The Morgan fingerprint density at radius 2 is 1.85 bits per heavy atom. The number of carbonyl (C=O) groups is 1. The van der Waals surface area contributed by atoms with E-state index in [2.05, 4.69) is 19.9 Å². The first-order valence-electron chi connectivity index (χ1n) is 7.76. The van der Waals surface area contributed by atoms with Crippen LogP contribution in [0.4, 0.5) is 0 Å². The molecule has 0 saturated carbocycles. The van der Waals surface area contributed by atoms with Crippen molar-refractivity contribution in [3.8, 4) is 0 Å². The maximum Gasteiger partial charge on any atom is 0.303 e. The summed E-state index contributed by atoms with van der Waals surface area (Å²) in [6.45, 7) is 6.17. The minimum absolute atomic E-state index is 0.212. The quantitative estimate of drug-likeness (QED) is 0.451. The molecule has 1 atom stereocenters. The van der Waals surface area contributed by atoms with E-state index in [1.807, 2.05) is 25.2 Å². The Hall–Kier alpha value is -1.09.